The number of rotatable bonds is 10. The van der Waals surface area contributed by atoms with Crippen LogP contribution in [0.2, 0.25) is 0 Å². The maximum absolute atomic E-state index is 13.4. The maximum Gasteiger partial charge on any atom is 0.373 e. The molecule has 2 aliphatic heterocycles. The third-order valence-corrected chi connectivity index (χ3v) is 7.45. The molecule has 15 heteroatoms. The summed E-state index contributed by atoms with van der Waals surface area (Å²) in [6, 6.07) is 9.05. The third-order valence-electron chi connectivity index (χ3n) is 7.45. The molecule has 0 radical (unpaired) electrons. The van der Waals surface area contributed by atoms with E-state index in [1.807, 2.05) is 4.90 Å². The van der Waals surface area contributed by atoms with Gasteiger partial charge in [0, 0.05) is 24.7 Å². The van der Waals surface area contributed by atoms with Crippen LogP contribution in [-0.2, 0) is 34.7 Å². The number of nitrogens with zero attached hydrogens (tertiary/aromatic N) is 1. The Morgan fingerprint density at radius 3 is 2.28 bits per heavy atom. The summed E-state index contributed by atoms with van der Waals surface area (Å²) in [6.07, 6.45) is -7.43. The van der Waals surface area contributed by atoms with Crippen molar-refractivity contribution in [3.05, 3.63) is 59.4 Å². The molecule has 2 aliphatic rings. The van der Waals surface area contributed by atoms with Crippen LogP contribution in [0.1, 0.15) is 43.9 Å². The molecular formula is C28H36FNO13. The molecular weight excluding hydrogens is 577 g/mol. The van der Waals surface area contributed by atoms with Gasteiger partial charge in [-0.1, -0.05) is 12.1 Å². The fourth-order valence-electron chi connectivity index (χ4n) is 5.12. The summed E-state index contributed by atoms with van der Waals surface area (Å²) in [5.74, 6) is -3.29. The van der Waals surface area contributed by atoms with Crippen LogP contribution in [0.4, 0.5) is 4.39 Å². The number of fused-ring (bicyclic) bond motifs is 1. The van der Waals surface area contributed by atoms with Gasteiger partial charge in [-0.3, -0.25) is 14.7 Å². The van der Waals surface area contributed by atoms with Crippen LogP contribution in [0.25, 0.3) is 0 Å². The smallest absolute Gasteiger partial charge is 0.373 e. The number of aliphatic hydroxyl groups excluding tert-OH is 3. The van der Waals surface area contributed by atoms with Crippen LogP contribution in [0.3, 0.4) is 0 Å². The first-order valence-electron chi connectivity index (χ1n) is 13.4. The van der Waals surface area contributed by atoms with Gasteiger partial charge in [0.05, 0.1) is 18.2 Å². The summed E-state index contributed by atoms with van der Waals surface area (Å²) in [5, 5.41) is 52.5. The normalized spacial score (nSPS) is 23.5. The molecule has 6 atom stereocenters. The highest BCUT2D eigenvalue weighted by Gasteiger charge is 2.47. The van der Waals surface area contributed by atoms with Gasteiger partial charge in [0.1, 0.15) is 35.6 Å². The molecule has 7 N–H and O–H groups in total. The van der Waals surface area contributed by atoms with Crippen molar-refractivity contribution < 1.29 is 69.3 Å². The van der Waals surface area contributed by atoms with Crippen LogP contribution >= 0.6 is 0 Å². The van der Waals surface area contributed by atoms with E-state index < -0.39 is 59.9 Å². The molecule has 0 amide bonds. The van der Waals surface area contributed by atoms with Crippen LogP contribution in [0, 0.1) is 5.82 Å². The molecule has 0 bridgehead atoms. The average Bonchev–Trinajstić information content (AvgIpc) is 2.98. The van der Waals surface area contributed by atoms with Gasteiger partial charge in [-0.05, 0) is 56.5 Å². The third kappa shape index (κ3) is 7.57. The zero-order valence-electron chi connectivity index (χ0n) is 23.5. The van der Waals surface area contributed by atoms with Crippen LogP contribution in [0.15, 0.2) is 42.5 Å². The lowest BCUT2D eigenvalue weighted by Gasteiger charge is -2.48. The van der Waals surface area contributed by atoms with Gasteiger partial charge in [-0.15, -0.1) is 0 Å². The summed E-state index contributed by atoms with van der Waals surface area (Å²) in [6.45, 7) is 3.53. The molecule has 2 aromatic rings. The highest BCUT2D eigenvalue weighted by atomic mass is 19.1. The number of hydrogen-bond acceptors (Lipinski definition) is 13. The molecule has 4 rings (SSSR count). The number of piperidine rings is 1. The fraction of sp³-hybridized carbons (Fsp3) is 0.500. The van der Waals surface area contributed by atoms with Crippen molar-refractivity contribution >= 4 is 11.9 Å². The molecule has 1 saturated heterocycles. The monoisotopic (exact) mass is 613 g/mol. The summed E-state index contributed by atoms with van der Waals surface area (Å²) >= 11 is 0. The number of hydrogen-bond donors (Lipinski definition) is 5. The number of phenols is 1. The van der Waals surface area contributed by atoms with E-state index in [2.05, 4.69) is 14.7 Å². The zero-order chi connectivity index (χ0) is 30.6. The molecule has 238 valence electrons. The number of carbonyl (C=O) groups excluding carboxylic acids is 2. The van der Waals surface area contributed by atoms with E-state index in [0.717, 1.165) is 0 Å². The van der Waals surface area contributed by atoms with Crippen LogP contribution < -0.4 is 4.74 Å². The van der Waals surface area contributed by atoms with Crippen LogP contribution in [0.5, 0.6) is 11.5 Å². The zero-order valence-corrected chi connectivity index (χ0v) is 23.5. The lowest BCUT2D eigenvalue weighted by atomic mass is 9.82. The minimum atomic E-state index is -2.36. The number of halogens is 1. The van der Waals surface area contributed by atoms with E-state index in [1.165, 1.54) is 56.3 Å². The summed E-state index contributed by atoms with van der Waals surface area (Å²) in [5.41, 5.74) is -0.262. The van der Waals surface area contributed by atoms with Crippen LogP contribution in [-0.4, -0.2) is 98.0 Å². The Morgan fingerprint density at radius 1 is 1.07 bits per heavy atom. The quantitative estimate of drug-likeness (QED) is 0.175. The van der Waals surface area contributed by atoms with Crippen molar-refractivity contribution in [2.24, 2.45) is 0 Å². The molecule has 0 aliphatic carbocycles. The number of carbonyl (C=O) groups is 2. The lowest BCUT2D eigenvalue weighted by Crippen LogP contribution is -2.59. The van der Waals surface area contributed by atoms with Gasteiger partial charge >= 0.3 is 11.9 Å². The molecule has 4 unspecified atom stereocenters. The predicted molar refractivity (Wildman–Crippen MR) is 142 cm³/mol. The highest BCUT2D eigenvalue weighted by Crippen LogP contribution is 2.43. The number of aromatic hydroxyl groups is 1. The molecule has 0 aromatic heterocycles. The molecule has 0 saturated carbocycles. The van der Waals surface area contributed by atoms with Gasteiger partial charge in [-0.25, -0.2) is 14.0 Å². The summed E-state index contributed by atoms with van der Waals surface area (Å²) in [4.78, 5) is 44.3. The Hall–Kier alpha value is -3.41. The Bertz CT molecular complexity index is 1240. The van der Waals surface area contributed by atoms with E-state index in [-0.39, 0.29) is 36.4 Å². The largest absolute Gasteiger partial charge is 0.508 e. The molecule has 43 heavy (non-hydrogen) atoms. The van der Waals surface area contributed by atoms with Gasteiger partial charge < -0.3 is 35.7 Å². The minimum absolute atomic E-state index is 0. The van der Waals surface area contributed by atoms with E-state index >= 15 is 0 Å². The summed E-state index contributed by atoms with van der Waals surface area (Å²) in [7, 11) is 0. The molecule has 14 nitrogen and oxygen atoms in total. The number of benzene rings is 2. The Labute approximate surface area is 245 Å². The minimum Gasteiger partial charge on any atom is -0.508 e. The molecule has 0 spiro atoms. The van der Waals surface area contributed by atoms with Crippen molar-refractivity contribution in [1.82, 2.24) is 4.90 Å². The number of phenolic OH excluding ortho intramolecular Hbond substituents is 1. The molecule has 2 aromatic carbocycles. The Balaban J connectivity index is 0.00000506. The average molecular weight is 614 g/mol. The number of likely N-dealkylation sites (tertiary alicyclic amines) is 1. The van der Waals surface area contributed by atoms with E-state index in [9.17, 15) is 39.5 Å². The van der Waals surface area contributed by atoms with Gasteiger partial charge in [0.2, 0.25) is 0 Å². The highest BCUT2D eigenvalue weighted by molar-refractivity contribution is 5.84. The van der Waals surface area contributed by atoms with Crippen molar-refractivity contribution in [3.63, 3.8) is 0 Å². The van der Waals surface area contributed by atoms with E-state index in [4.69, 9.17) is 9.62 Å². The second kappa shape index (κ2) is 14.4. The lowest BCUT2D eigenvalue weighted by molar-refractivity contribution is -0.319. The first kappa shape index (κ1) is 34.1. The second-order valence-electron chi connectivity index (χ2n) is 10.2. The topological polar surface area (TPSA) is 216 Å². The Morgan fingerprint density at radius 2 is 1.67 bits per heavy atom. The predicted octanol–water partition coefficient (Wildman–Crippen LogP) is -0.0670. The van der Waals surface area contributed by atoms with Crippen molar-refractivity contribution in [1.29, 1.82) is 0 Å². The molecule has 2 heterocycles. The Kier molecular flexibility index (Phi) is 11.4. The van der Waals surface area contributed by atoms with Gasteiger partial charge in [0.25, 0.3) is 0 Å². The maximum atomic E-state index is 13.4. The first-order valence-corrected chi connectivity index (χ1v) is 13.4. The SMILES string of the molecule is CCOOC(=O)C(O)C(O)C(=O)OOC(C)C1Oc2cc(O)ccc2[C@H](O)[C@H]1N1CCC(O)(c2ccc(F)cc2)CC1.O. The van der Waals surface area contributed by atoms with Gasteiger partial charge in [-0.2, -0.15) is 9.78 Å². The standard InChI is InChI=1S/C28H34FNO12.H2O/c1-3-38-41-26(35)23(33)24(34)27(36)42-40-15(2)25-21(22(32)19-9-8-18(31)14-20(19)39-25)30-12-10-28(37,11-13-30)16-4-6-17(29)7-5-16;/h4-9,14-15,21-25,31-34,37H,3,10-13H2,1-2H3;1H2/t15?,21-,22+,23?,24?,25?;/m1./s1. The number of aliphatic hydroxyl groups is 4. The second-order valence-corrected chi connectivity index (χ2v) is 10.2. The van der Waals surface area contributed by atoms with Gasteiger partial charge in [0.15, 0.2) is 12.2 Å². The number of ether oxygens (including phenoxy) is 1. The van der Waals surface area contributed by atoms with E-state index in [1.54, 1.807) is 0 Å². The fourth-order valence-corrected chi connectivity index (χ4v) is 5.12. The summed E-state index contributed by atoms with van der Waals surface area (Å²) < 4.78 is 19.5. The first-order chi connectivity index (χ1) is 19.9. The van der Waals surface area contributed by atoms with E-state index in [0.29, 0.717) is 24.2 Å². The molecule has 1 fully saturated rings. The van der Waals surface area contributed by atoms with Crippen molar-refractivity contribution in [3.8, 4) is 11.5 Å². The van der Waals surface area contributed by atoms with Crippen molar-refractivity contribution in [2.45, 2.75) is 68.9 Å². The van der Waals surface area contributed by atoms with Crippen molar-refractivity contribution in [2.75, 3.05) is 19.7 Å².